The molecule has 5 rings (SSSR count). The molecule has 1 atom stereocenters. The van der Waals surface area contributed by atoms with Crippen molar-refractivity contribution in [2.75, 3.05) is 38.7 Å². The van der Waals surface area contributed by atoms with Gasteiger partial charge < -0.3 is 15.2 Å². The number of ether oxygens (including phenoxy) is 1. The van der Waals surface area contributed by atoms with Gasteiger partial charge >= 0.3 is 0 Å². The maximum absolute atomic E-state index is 7.00. The molecule has 168 valence electrons. The van der Waals surface area contributed by atoms with Crippen LogP contribution in [0.2, 0.25) is 0 Å². The summed E-state index contributed by atoms with van der Waals surface area (Å²) in [5.41, 5.74) is 1.52. The first kappa shape index (κ1) is 23.4. The summed E-state index contributed by atoms with van der Waals surface area (Å²) in [6.45, 7) is 10.4. The van der Waals surface area contributed by atoms with Gasteiger partial charge in [-0.3, -0.25) is 4.90 Å². The molecule has 0 amide bonds. The summed E-state index contributed by atoms with van der Waals surface area (Å²) in [4.78, 5) is 14.5. The number of nitrogens with one attached hydrogen (secondary N) is 1. The van der Waals surface area contributed by atoms with Crippen LogP contribution in [0.4, 0.5) is 5.82 Å². The first-order valence-electron chi connectivity index (χ1n) is 11.6. The lowest BCUT2D eigenvalue weighted by molar-refractivity contribution is 0.00791. The quantitative estimate of drug-likeness (QED) is 0.745. The maximum Gasteiger partial charge on any atom is 0.138 e. The molecule has 2 aromatic heterocycles. The molecule has 2 N–H and O–H groups in total. The molecule has 2 fully saturated rings. The van der Waals surface area contributed by atoms with E-state index in [9.17, 15) is 0 Å². The van der Waals surface area contributed by atoms with Crippen LogP contribution in [-0.2, 0) is 11.2 Å². The van der Waals surface area contributed by atoms with E-state index in [1.807, 2.05) is 25.2 Å². The zero-order valence-corrected chi connectivity index (χ0v) is 19.8. The molecule has 1 aliphatic heterocycles. The van der Waals surface area contributed by atoms with Crippen LogP contribution in [0.5, 0.6) is 0 Å². The molecule has 3 aliphatic rings. The number of morpholine rings is 1. The number of aliphatic hydroxyl groups excluding tert-OH is 1. The van der Waals surface area contributed by atoms with Gasteiger partial charge in [0.25, 0.3) is 0 Å². The van der Waals surface area contributed by atoms with Gasteiger partial charge in [-0.25, -0.2) is 9.97 Å². The summed E-state index contributed by atoms with van der Waals surface area (Å²) in [6, 6.07) is 1.28. The number of aromatic nitrogens is 2. The Bertz CT molecular complexity index is 783. The number of anilines is 1. The van der Waals surface area contributed by atoms with Crippen LogP contribution in [0.3, 0.4) is 0 Å². The molecular formula is C23H38N4O2S. The van der Waals surface area contributed by atoms with E-state index >= 15 is 0 Å². The molecular weight excluding hydrogens is 396 g/mol. The van der Waals surface area contributed by atoms with Crippen LogP contribution >= 0.6 is 11.3 Å². The molecule has 3 heterocycles. The third kappa shape index (κ3) is 4.96. The molecule has 1 saturated heterocycles. The number of nitrogens with zero attached hydrogens (tertiary/aromatic N) is 3. The monoisotopic (exact) mass is 434 g/mol. The van der Waals surface area contributed by atoms with Gasteiger partial charge in [0.2, 0.25) is 0 Å². The Kier molecular flexibility index (Phi) is 8.86. The van der Waals surface area contributed by atoms with Crippen LogP contribution in [0, 0.1) is 0 Å². The van der Waals surface area contributed by atoms with E-state index < -0.39 is 0 Å². The SMILES string of the molecule is CC.CO.C[C@H]1CCc2sc3ncnc(NC4CCC(N5CCOCC5)CC4)c3c21. The minimum absolute atomic E-state index is 0.539. The Hall–Kier alpha value is -1.28. The van der Waals surface area contributed by atoms with Crippen molar-refractivity contribution in [3.05, 3.63) is 16.8 Å². The smallest absolute Gasteiger partial charge is 0.138 e. The van der Waals surface area contributed by atoms with Crippen molar-refractivity contribution in [3.8, 4) is 0 Å². The fourth-order valence-corrected chi connectivity index (χ4v) is 6.31. The zero-order chi connectivity index (χ0) is 21.5. The van der Waals surface area contributed by atoms with E-state index in [0.717, 1.165) is 45.3 Å². The van der Waals surface area contributed by atoms with Gasteiger partial charge in [-0.1, -0.05) is 20.8 Å². The summed E-state index contributed by atoms with van der Waals surface area (Å²) in [7, 11) is 1.00. The van der Waals surface area contributed by atoms with Crippen molar-refractivity contribution >= 4 is 27.4 Å². The van der Waals surface area contributed by atoms with Crippen LogP contribution in [0.15, 0.2) is 6.33 Å². The lowest BCUT2D eigenvalue weighted by atomic mass is 9.90. The van der Waals surface area contributed by atoms with E-state index in [4.69, 9.17) is 9.84 Å². The molecule has 30 heavy (non-hydrogen) atoms. The minimum Gasteiger partial charge on any atom is -0.400 e. The topological polar surface area (TPSA) is 70.5 Å². The van der Waals surface area contributed by atoms with Gasteiger partial charge in [-0.05, 0) is 50.0 Å². The predicted octanol–water partition coefficient (Wildman–Crippen LogP) is 4.43. The van der Waals surface area contributed by atoms with Crippen molar-refractivity contribution < 1.29 is 9.84 Å². The van der Waals surface area contributed by atoms with Crippen LogP contribution < -0.4 is 5.32 Å². The summed E-state index contributed by atoms with van der Waals surface area (Å²) in [5, 5.41) is 12.1. The fourth-order valence-electron chi connectivity index (χ4n) is 5.03. The Morgan fingerprint density at radius 1 is 1.07 bits per heavy atom. The average molecular weight is 435 g/mol. The second-order valence-electron chi connectivity index (χ2n) is 8.08. The van der Waals surface area contributed by atoms with E-state index in [0.29, 0.717) is 12.0 Å². The largest absolute Gasteiger partial charge is 0.400 e. The lowest BCUT2D eigenvalue weighted by Gasteiger charge is -2.39. The van der Waals surface area contributed by atoms with Gasteiger partial charge in [-0.15, -0.1) is 11.3 Å². The van der Waals surface area contributed by atoms with Gasteiger partial charge in [-0.2, -0.15) is 0 Å². The molecule has 6 nitrogen and oxygen atoms in total. The first-order chi connectivity index (χ1) is 14.8. The lowest BCUT2D eigenvalue weighted by Crippen LogP contribution is -2.46. The van der Waals surface area contributed by atoms with Gasteiger partial charge in [0, 0.05) is 37.2 Å². The first-order valence-corrected chi connectivity index (χ1v) is 12.4. The summed E-state index contributed by atoms with van der Waals surface area (Å²) in [5.74, 6) is 1.72. The molecule has 7 heteroatoms. The fraction of sp³-hybridized carbons (Fsp3) is 0.739. The summed E-state index contributed by atoms with van der Waals surface area (Å²) in [6.07, 6.45) is 9.25. The van der Waals surface area contributed by atoms with Crippen molar-refractivity contribution in [2.24, 2.45) is 0 Å². The zero-order valence-electron chi connectivity index (χ0n) is 19.0. The second-order valence-corrected chi connectivity index (χ2v) is 9.16. The number of rotatable bonds is 3. The van der Waals surface area contributed by atoms with Gasteiger partial charge in [0.1, 0.15) is 17.0 Å². The van der Waals surface area contributed by atoms with Crippen LogP contribution in [0.1, 0.15) is 69.2 Å². The maximum atomic E-state index is 7.00. The molecule has 0 aromatic carbocycles. The Labute approximate surface area is 185 Å². The van der Waals surface area contributed by atoms with E-state index in [1.54, 1.807) is 6.33 Å². The number of thiophene rings is 1. The Morgan fingerprint density at radius 3 is 2.47 bits per heavy atom. The number of fused-ring (bicyclic) bond motifs is 3. The standard InChI is InChI=1S/C20H28N4OS.C2H6.CH4O/c1-13-2-7-16-17(13)18-19(21-12-22-20(18)26-16)23-14-3-5-15(6-4-14)24-8-10-25-11-9-24;2*1-2/h12-15H,2-11H2,1H3,(H,21,22,23);1-2H3;2H,1H3/t13-,14?,15?;;/m0../s1. The van der Waals surface area contributed by atoms with Crippen molar-refractivity contribution in [1.82, 2.24) is 14.9 Å². The highest BCUT2D eigenvalue weighted by Gasteiger charge is 2.29. The number of aryl methyl sites for hydroxylation is 1. The van der Waals surface area contributed by atoms with E-state index in [-0.39, 0.29) is 0 Å². The van der Waals surface area contributed by atoms with Crippen molar-refractivity contribution in [3.63, 3.8) is 0 Å². The predicted molar refractivity (Wildman–Crippen MR) is 126 cm³/mol. The molecule has 0 unspecified atom stereocenters. The molecule has 2 aromatic rings. The Morgan fingerprint density at radius 2 is 1.77 bits per heavy atom. The van der Waals surface area contributed by atoms with E-state index in [1.165, 1.54) is 59.2 Å². The van der Waals surface area contributed by atoms with Gasteiger partial charge in [0.05, 0.1) is 18.6 Å². The minimum atomic E-state index is 0.539. The average Bonchev–Trinajstić information content (AvgIpc) is 3.37. The van der Waals surface area contributed by atoms with Crippen molar-refractivity contribution in [2.45, 2.75) is 77.3 Å². The molecule has 2 aliphatic carbocycles. The highest BCUT2D eigenvalue weighted by atomic mass is 32.1. The molecule has 0 bridgehead atoms. The number of hydrogen-bond acceptors (Lipinski definition) is 7. The molecule has 1 saturated carbocycles. The highest BCUT2D eigenvalue weighted by molar-refractivity contribution is 7.19. The third-order valence-electron chi connectivity index (χ3n) is 6.50. The van der Waals surface area contributed by atoms with Crippen molar-refractivity contribution in [1.29, 1.82) is 0 Å². The molecule has 0 radical (unpaired) electrons. The highest BCUT2D eigenvalue weighted by Crippen LogP contribution is 2.45. The summed E-state index contributed by atoms with van der Waals surface area (Å²) < 4.78 is 5.50. The summed E-state index contributed by atoms with van der Waals surface area (Å²) >= 11 is 1.88. The third-order valence-corrected chi connectivity index (χ3v) is 7.67. The van der Waals surface area contributed by atoms with E-state index in [2.05, 4.69) is 27.1 Å². The second kappa shape index (κ2) is 11.4. The number of hydrogen-bond donors (Lipinski definition) is 2. The molecule has 0 spiro atoms. The van der Waals surface area contributed by atoms with Gasteiger partial charge in [0.15, 0.2) is 0 Å². The van der Waals surface area contributed by atoms with Crippen LogP contribution in [0.25, 0.3) is 10.2 Å². The van der Waals surface area contributed by atoms with Crippen LogP contribution in [-0.4, -0.2) is 65.5 Å². The normalized spacial score (nSPS) is 26.2. The number of aliphatic hydroxyl groups is 1. The Balaban J connectivity index is 0.000000606.